The maximum Gasteiger partial charge on any atom is 0.224 e. The van der Waals surface area contributed by atoms with Crippen molar-refractivity contribution in [3.8, 4) is 0 Å². The third kappa shape index (κ3) is 5.21. The van der Waals surface area contributed by atoms with Crippen molar-refractivity contribution in [3.05, 3.63) is 35.7 Å². The van der Waals surface area contributed by atoms with Gasteiger partial charge in [0.2, 0.25) is 11.1 Å². The van der Waals surface area contributed by atoms with Crippen molar-refractivity contribution >= 4 is 29.1 Å². The molecule has 0 aliphatic rings. The molecule has 0 bridgehead atoms. The highest BCUT2D eigenvalue weighted by Crippen LogP contribution is 2.17. The molecule has 23 heavy (non-hydrogen) atoms. The Balaban J connectivity index is 1.76. The van der Waals surface area contributed by atoms with E-state index in [0.29, 0.717) is 22.8 Å². The van der Waals surface area contributed by atoms with Crippen molar-refractivity contribution < 1.29 is 9.59 Å². The Morgan fingerprint density at radius 2 is 2.09 bits per heavy atom. The summed E-state index contributed by atoms with van der Waals surface area (Å²) >= 11 is 1.53. The minimum atomic E-state index is -0.0939. The lowest BCUT2D eigenvalue weighted by Gasteiger charge is -2.08. The molecular weight excluding hydrogens is 312 g/mol. The van der Waals surface area contributed by atoms with Crippen LogP contribution in [0.25, 0.3) is 0 Å². The molecule has 1 aromatic carbocycles. The van der Waals surface area contributed by atoms with Crippen LogP contribution in [-0.4, -0.2) is 32.6 Å². The van der Waals surface area contributed by atoms with Crippen LogP contribution >= 0.6 is 11.8 Å². The first-order chi connectivity index (χ1) is 11.1. The van der Waals surface area contributed by atoms with Crippen LogP contribution in [0.1, 0.15) is 42.9 Å². The number of carbonyl (C=O) groups is 2. The number of aryl methyl sites for hydroxylation is 1. The van der Waals surface area contributed by atoms with E-state index in [2.05, 4.69) is 20.5 Å². The molecule has 7 heteroatoms. The lowest BCUT2D eigenvalue weighted by Crippen LogP contribution is -2.14. The zero-order valence-electron chi connectivity index (χ0n) is 13.3. The normalized spacial score (nSPS) is 10.5. The molecule has 2 N–H and O–H groups in total. The summed E-state index contributed by atoms with van der Waals surface area (Å²) in [6.07, 6.45) is 1.94. The average Bonchev–Trinajstić information content (AvgIpc) is 3.00. The minimum Gasteiger partial charge on any atom is -0.325 e. The van der Waals surface area contributed by atoms with Crippen LogP contribution in [0.15, 0.2) is 29.4 Å². The number of aromatic nitrogens is 3. The van der Waals surface area contributed by atoms with Gasteiger partial charge in [-0.25, -0.2) is 4.98 Å². The molecule has 0 atom stereocenters. The van der Waals surface area contributed by atoms with Gasteiger partial charge in [0.05, 0.1) is 5.69 Å². The fourth-order valence-corrected chi connectivity index (χ4v) is 2.76. The van der Waals surface area contributed by atoms with Gasteiger partial charge in [0.1, 0.15) is 5.82 Å². The number of nitrogens with zero attached hydrogens (tertiary/aromatic N) is 2. The molecule has 1 amide bonds. The van der Waals surface area contributed by atoms with Gasteiger partial charge in [-0.1, -0.05) is 30.8 Å². The van der Waals surface area contributed by atoms with E-state index >= 15 is 0 Å². The molecule has 0 unspecified atom stereocenters. The maximum absolute atomic E-state index is 12.0. The van der Waals surface area contributed by atoms with Crippen LogP contribution in [0, 0.1) is 0 Å². The highest BCUT2D eigenvalue weighted by Gasteiger charge is 2.09. The number of rotatable bonds is 8. The number of hydrogen-bond donors (Lipinski definition) is 2. The molecular formula is C16H20N4O2S. The first-order valence-corrected chi connectivity index (χ1v) is 8.52. The first kappa shape index (κ1) is 17.2. The predicted octanol–water partition coefficient (Wildman–Crippen LogP) is 3.08. The van der Waals surface area contributed by atoms with Gasteiger partial charge >= 0.3 is 0 Å². The molecule has 1 heterocycles. The molecule has 0 radical (unpaired) electrons. The fraction of sp³-hybridized carbons (Fsp3) is 0.375. The third-order valence-corrected chi connectivity index (χ3v) is 4.14. The van der Waals surface area contributed by atoms with E-state index in [-0.39, 0.29) is 11.7 Å². The number of benzene rings is 1. The summed E-state index contributed by atoms with van der Waals surface area (Å²) < 4.78 is 0. The molecule has 0 fully saturated rings. The van der Waals surface area contributed by atoms with Gasteiger partial charge in [-0.05, 0) is 25.5 Å². The molecule has 122 valence electrons. The van der Waals surface area contributed by atoms with Crippen molar-refractivity contribution in [2.75, 3.05) is 11.1 Å². The van der Waals surface area contributed by atoms with Crippen molar-refractivity contribution in [1.82, 2.24) is 15.2 Å². The van der Waals surface area contributed by atoms with Gasteiger partial charge in [-0.15, -0.1) is 5.10 Å². The largest absolute Gasteiger partial charge is 0.325 e. The Labute approximate surface area is 139 Å². The molecule has 0 spiro atoms. The number of H-pyrrole nitrogens is 1. The fourth-order valence-electron chi connectivity index (χ4n) is 2.01. The summed E-state index contributed by atoms with van der Waals surface area (Å²) in [5.41, 5.74) is 1.10. The van der Waals surface area contributed by atoms with Crippen molar-refractivity contribution in [2.24, 2.45) is 0 Å². The van der Waals surface area contributed by atoms with E-state index in [9.17, 15) is 9.59 Å². The van der Waals surface area contributed by atoms with Crippen LogP contribution in [0.2, 0.25) is 0 Å². The molecule has 2 rings (SSSR count). The van der Waals surface area contributed by atoms with Crippen molar-refractivity contribution in [2.45, 2.75) is 38.3 Å². The van der Waals surface area contributed by atoms with E-state index in [1.165, 1.54) is 18.7 Å². The Morgan fingerprint density at radius 1 is 1.30 bits per heavy atom. The van der Waals surface area contributed by atoms with E-state index in [1.54, 1.807) is 24.3 Å². The van der Waals surface area contributed by atoms with E-state index in [1.807, 2.05) is 6.92 Å². The lowest BCUT2D eigenvalue weighted by molar-refractivity contribution is -0.116. The van der Waals surface area contributed by atoms with Crippen LogP contribution in [0.4, 0.5) is 5.69 Å². The number of aromatic amines is 1. The predicted molar refractivity (Wildman–Crippen MR) is 90.8 cm³/mol. The molecule has 6 nitrogen and oxygen atoms in total. The summed E-state index contributed by atoms with van der Waals surface area (Å²) in [5, 5.41) is 10.5. The number of hydrogen-bond acceptors (Lipinski definition) is 5. The second-order valence-electron chi connectivity index (χ2n) is 5.02. The number of para-hydroxylation sites is 1. The van der Waals surface area contributed by atoms with Crippen molar-refractivity contribution in [3.63, 3.8) is 0 Å². The number of nitrogens with one attached hydrogen (secondary N) is 2. The lowest BCUT2D eigenvalue weighted by atomic mass is 10.1. The summed E-state index contributed by atoms with van der Waals surface area (Å²) in [5.74, 6) is 1.48. The minimum absolute atomic E-state index is 0.0622. The van der Waals surface area contributed by atoms with E-state index in [0.717, 1.165) is 24.4 Å². The first-order valence-electron chi connectivity index (χ1n) is 7.54. The summed E-state index contributed by atoms with van der Waals surface area (Å²) in [6, 6.07) is 7.03. The summed E-state index contributed by atoms with van der Waals surface area (Å²) in [7, 11) is 0. The van der Waals surface area contributed by atoms with Gasteiger partial charge in [-0.3, -0.25) is 14.7 Å². The summed E-state index contributed by atoms with van der Waals surface area (Å²) in [6.45, 7) is 3.50. The number of carbonyl (C=O) groups excluding carboxylic acids is 2. The average molecular weight is 332 g/mol. The van der Waals surface area contributed by atoms with Crippen LogP contribution < -0.4 is 5.32 Å². The second kappa shape index (κ2) is 8.47. The van der Waals surface area contributed by atoms with E-state index < -0.39 is 0 Å². The van der Waals surface area contributed by atoms with Gasteiger partial charge in [0.15, 0.2) is 5.78 Å². The van der Waals surface area contributed by atoms with Gasteiger partial charge in [-0.2, -0.15) is 0 Å². The highest BCUT2D eigenvalue weighted by atomic mass is 32.2. The molecule has 2 aromatic rings. The molecule has 0 saturated carbocycles. The molecule has 0 aliphatic carbocycles. The van der Waals surface area contributed by atoms with Crippen LogP contribution in [0.5, 0.6) is 0 Å². The van der Waals surface area contributed by atoms with Crippen molar-refractivity contribution in [1.29, 1.82) is 0 Å². The molecule has 0 aliphatic heterocycles. The third-order valence-electron chi connectivity index (χ3n) is 3.21. The Morgan fingerprint density at radius 3 is 2.78 bits per heavy atom. The monoisotopic (exact) mass is 332 g/mol. The smallest absolute Gasteiger partial charge is 0.224 e. The number of thioether (sulfide) groups is 1. The SMILES string of the molecule is CCc1nc(SCCCC(=O)Nc2ccccc2C(C)=O)n[nH]1. The molecule has 0 saturated heterocycles. The quantitative estimate of drug-likeness (QED) is 0.441. The van der Waals surface area contributed by atoms with Gasteiger partial charge in [0, 0.05) is 24.2 Å². The van der Waals surface area contributed by atoms with Gasteiger partial charge < -0.3 is 5.32 Å². The Bertz CT molecular complexity index is 684. The Kier molecular flexibility index (Phi) is 6.34. The zero-order chi connectivity index (χ0) is 16.7. The summed E-state index contributed by atoms with van der Waals surface area (Å²) in [4.78, 5) is 27.8. The number of Topliss-reactive ketones (excluding diaryl/α,β-unsaturated/α-hetero) is 1. The van der Waals surface area contributed by atoms with E-state index in [4.69, 9.17) is 0 Å². The number of anilines is 1. The number of amides is 1. The highest BCUT2D eigenvalue weighted by molar-refractivity contribution is 7.99. The molecule has 1 aromatic heterocycles. The van der Waals surface area contributed by atoms with Crippen LogP contribution in [0.3, 0.4) is 0 Å². The number of ketones is 1. The zero-order valence-corrected chi connectivity index (χ0v) is 14.1. The van der Waals surface area contributed by atoms with Crippen LogP contribution in [-0.2, 0) is 11.2 Å². The van der Waals surface area contributed by atoms with Gasteiger partial charge in [0.25, 0.3) is 0 Å². The second-order valence-corrected chi connectivity index (χ2v) is 6.08. The Hall–Kier alpha value is -2.15. The maximum atomic E-state index is 12.0. The topological polar surface area (TPSA) is 87.7 Å². The standard InChI is InChI=1S/C16H20N4O2S/c1-3-14-18-16(20-19-14)23-10-6-9-15(22)17-13-8-5-4-7-12(13)11(2)21/h4-5,7-8H,3,6,9-10H2,1-2H3,(H,17,22)(H,18,19,20).